The summed E-state index contributed by atoms with van der Waals surface area (Å²) in [6.45, 7) is 6.37. The SMILES string of the molecule is CC(C)(C)NC(=O)OCCCCCCCCI. The third-order valence-corrected chi connectivity index (χ3v) is 3.00. The number of alkyl halides is 1. The summed E-state index contributed by atoms with van der Waals surface area (Å²) in [4.78, 5) is 11.3. The van der Waals surface area contributed by atoms with Crippen molar-refractivity contribution >= 4 is 28.7 Å². The molecule has 0 aliphatic rings. The lowest BCUT2D eigenvalue weighted by Crippen LogP contribution is -2.41. The van der Waals surface area contributed by atoms with Gasteiger partial charge in [-0.25, -0.2) is 4.79 Å². The molecule has 0 aromatic rings. The second-order valence-corrected chi connectivity index (χ2v) is 6.40. The second-order valence-electron chi connectivity index (χ2n) is 5.32. The number of amides is 1. The molecule has 17 heavy (non-hydrogen) atoms. The number of hydrogen-bond acceptors (Lipinski definition) is 2. The first-order chi connectivity index (χ1) is 7.95. The Morgan fingerprint density at radius 3 is 2.12 bits per heavy atom. The smallest absolute Gasteiger partial charge is 0.407 e. The maximum absolute atomic E-state index is 11.3. The van der Waals surface area contributed by atoms with Gasteiger partial charge in [-0.2, -0.15) is 0 Å². The Hall–Kier alpha value is 0. The number of carbonyl (C=O) groups is 1. The van der Waals surface area contributed by atoms with Crippen molar-refractivity contribution in [2.75, 3.05) is 11.0 Å². The molecule has 0 fully saturated rings. The van der Waals surface area contributed by atoms with E-state index in [4.69, 9.17) is 4.74 Å². The van der Waals surface area contributed by atoms with E-state index in [-0.39, 0.29) is 11.6 Å². The number of alkyl carbamates (subject to hydrolysis) is 1. The molecule has 102 valence electrons. The molecule has 0 atom stereocenters. The van der Waals surface area contributed by atoms with Gasteiger partial charge in [0.15, 0.2) is 0 Å². The van der Waals surface area contributed by atoms with E-state index in [2.05, 4.69) is 27.9 Å². The van der Waals surface area contributed by atoms with Crippen molar-refractivity contribution in [3.05, 3.63) is 0 Å². The minimum atomic E-state index is -0.303. The summed E-state index contributed by atoms with van der Waals surface area (Å²) in [7, 11) is 0. The normalized spacial score (nSPS) is 11.3. The van der Waals surface area contributed by atoms with Crippen LogP contribution in [-0.2, 0) is 4.74 Å². The number of nitrogens with one attached hydrogen (secondary N) is 1. The minimum Gasteiger partial charge on any atom is -0.450 e. The van der Waals surface area contributed by atoms with Gasteiger partial charge in [0.25, 0.3) is 0 Å². The van der Waals surface area contributed by atoms with Gasteiger partial charge in [-0.1, -0.05) is 48.3 Å². The monoisotopic (exact) mass is 355 g/mol. The van der Waals surface area contributed by atoms with Crippen molar-refractivity contribution in [3.63, 3.8) is 0 Å². The van der Waals surface area contributed by atoms with Crippen molar-refractivity contribution in [3.8, 4) is 0 Å². The zero-order chi connectivity index (χ0) is 13.1. The highest BCUT2D eigenvalue weighted by Crippen LogP contribution is 2.07. The third-order valence-electron chi connectivity index (χ3n) is 2.24. The van der Waals surface area contributed by atoms with Gasteiger partial charge in [0.2, 0.25) is 0 Å². The van der Waals surface area contributed by atoms with Crippen LogP contribution in [0.1, 0.15) is 59.3 Å². The van der Waals surface area contributed by atoms with Gasteiger partial charge >= 0.3 is 6.09 Å². The fourth-order valence-corrected chi connectivity index (χ4v) is 1.95. The predicted octanol–water partition coefficient (Wildman–Crippen LogP) is 4.29. The summed E-state index contributed by atoms with van der Waals surface area (Å²) in [5, 5.41) is 2.78. The third kappa shape index (κ3) is 13.9. The summed E-state index contributed by atoms with van der Waals surface area (Å²) >= 11 is 2.42. The highest BCUT2D eigenvalue weighted by atomic mass is 127. The molecule has 0 spiro atoms. The second kappa shape index (κ2) is 9.97. The van der Waals surface area contributed by atoms with Crippen LogP contribution in [0.4, 0.5) is 4.79 Å². The fraction of sp³-hybridized carbons (Fsp3) is 0.923. The van der Waals surface area contributed by atoms with Crippen LogP contribution in [0.25, 0.3) is 0 Å². The average molecular weight is 355 g/mol. The molecule has 0 unspecified atom stereocenters. The van der Waals surface area contributed by atoms with Crippen molar-refractivity contribution in [1.82, 2.24) is 5.32 Å². The molecular weight excluding hydrogens is 329 g/mol. The molecule has 4 heteroatoms. The van der Waals surface area contributed by atoms with Crippen molar-refractivity contribution in [2.24, 2.45) is 0 Å². The minimum absolute atomic E-state index is 0.212. The lowest BCUT2D eigenvalue weighted by atomic mass is 10.1. The van der Waals surface area contributed by atoms with Crippen LogP contribution in [0, 0.1) is 0 Å². The van der Waals surface area contributed by atoms with Crippen molar-refractivity contribution < 1.29 is 9.53 Å². The van der Waals surface area contributed by atoms with Crippen LogP contribution in [-0.4, -0.2) is 22.7 Å². The number of rotatable bonds is 8. The molecule has 0 radical (unpaired) electrons. The average Bonchev–Trinajstić information content (AvgIpc) is 2.19. The first-order valence-electron chi connectivity index (χ1n) is 6.46. The van der Waals surface area contributed by atoms with Gasteiger partial charge in [-0.05, 0) is 38.0 Å². The maximum atomic E-state index is 11.3. The summed E-state index contributed by atoms with van der Waals surface area (Å²) in [6.07, 6.45) is 7.03. The zero-order valence-electron chi connectivity index (χ0n) is 11.4. The van der Waals surface area contributed by atoms with E-state index in [0.29, 0.717) is 6.61 Å². The number of halogens is 1. The van der Waals surface area contributed by atoms with E-state index in [1.54, 1.807) is 0 Å². The van der Waals surface area contributed by atoms with Crippen LogP contribution in [0.15, 0.2) is 0 Å². The molecule has 3 nitrogen and oxygen atoms in total. The number of ether oxygens (including phenoxy) is 1. The Morgan fingerprint density at radius 2 is 1.59 bits per heavy atom. The van der Waals surface area contributed by atoms with Crippen LogP contribution < -0.4 is 5.32 Å². The largest absolute Gasteiger partial charge is 0.450 e. The summed E-state index contributed by atoms with van der Waals surface area (Å²) in [6, 6.07) is 0. The summed E-state index contributed by atoms with van der Waals surface area (Å²) < 4.78 is 6.35. The van der Waals surface area contributed by atoms with E-state index in [9.17, 15) is 4.79 Å². The van der Waals surface area contributed by atoms with Gasteiger partial charge in [0.05, 0.1) is 6.61 Å². The van der Waals surface area contributed by atoms with E-state index < -0.39 is 0 Å². The predicted molar refractivity (Wildman–Crippen MR) is 80.8 cm³/mol. The molecule has 0 aromatic heterocycles. The molecule has 0 aliphatic heterocycles. The lowest BCUT2D eigenvalue weighted by molar-refractivity contribution is 0.135. The van der Waals surface area contributed by atoms with Gasteiger partial charge in [0.1, 0.15) is 0 Å². The van der Waals surface area contributed by atoms with Crippen molar-refractivity contribution in [1.29, 1.82) is 0 Å². The van der Waals surface area contributed by atoms with E-state index >= 15 is 0 Å². The highest BCUT2D eigenvalue weighted by molar-refractivity contribution is 14.1. The Labute approximate surface area is 119 Å². The standard InChI is InChI=1S/C13H26INO2/c1-13(2,3)15-12(16)17-11-9-7-5-4-6-8-10-14/h4-11H2,1-3H3,(H,15,16). The van der Waals surface area contributed by atoms with Crippen LogP contribution in [0.2, 0.25) is 0 Å². The molecule has 0 rings (SSSR count). The van der Waals surface area contributed by atoms with Crippen LogP contribution in [0.3, 0.4) is 0 Å². The van der Waals surface area contributed by atoms with Crippen LogP contribution >= 0.6 is 22.6 Å². The topological polar surface area (TPSA) is 38.3 Å². The first kappa shape index (κ1) is 17.0. The maximum Gasteiger partial charge on any atom is 0.407 e. The van der Waals surface area contributed by atoms with Gasteiger partial charge in [-0.15, -0.1) is 0 Å². The fourth-order valence-electron chi connectivity index (χ4n) is 1.41. The molecule has 0 aromatic carbocycles. The highest BCUT2D eigenvalue weighted by Gasteiger charge is 2.13. The van der Waals surface area contributed by atoms with E-state index in [1.165, 1.54) is 30.1 Å². The van der Waals surface area contributed by atoms with Crippen LogP contribution in [0.5, 0.6) is 0 Å². The summed E-state index contributed by atoms with van der Waals surface area (Å²) in [5.41, 5.74) is -0.212. The number of carbonyl (C=O) groups excluding carboxylic acids is 1. The van der Waals surface area contributed by atoms with Gasteiger partial charge in [0, 0.05) is 5.54 Å². The Bertz CT molecular complexity index is 202. The van der Waals surface area contributed by atoms with E-state index in [1.807, 2.05) is 20.8 Å². The number of unbranched alkanes of at least 4 members (excludes halogenated alkanes) is 5. The first-order valence-corrected chi connectivity index (χ1v) is 7.99. The quantitative estimate of drug-likeness (QED) is 0.401. The molecule has 0 saturated carbocycles. The van der Waals surface area contributed by atoms with E-state index in [0.717, 1.165) is 12.8 Å². The Kier molecular flexibility index (Phi) is 9.97. The Morgan fingerprint density at radius 1 is 1.06 bits per heavy atom. The lowest BCUT2D eigenvalue weighted by Gasteiger charge is -2.19. The van der Waals surface area contributed by atoms with Crippen molar-refractivity contribution in [2.45, 2.75) is 64.8 Å². The molecule has 0 saturated heterocycles. The summed E-state index contributed by atoms with van der Waals surface area (Å²) in [5.74, 6) is 0. The molecule has 1 amide bonds. The Balaban J connectivity index is 3.25. The molecule has 0 heterocycles. The zero-order valence-corrected chi connectivity index (χ0v) is 13.5. The van der Waals surface area contributed by atoms with Gasteiger partial charge < -0.3 is 10.1 Å². The van der Waals surface area contributed by atoms with Gasteiger partial charge in [-0.3, -0.25) is 0 Å². The number of hydrogen-bond donors (Lipinski definition) is 1. The molecule has 1 N–H and O–H groups in total. The molecule has 0 bridgehead atoms. The molecular formula is C13H26INO2. The molecule has 0 aliphatic carbocycles.